The molecule has 0 aliphatic heterocycles. The first-order valence-electron chi connectivity index (χ1n) is 11.3. The highest BCUT2D eigenvalue weighted by Crippen LogP contribution is 2.63. The van der Waals surface area contributed by atoms with Crippen molar-refractivity contribution in [2.75, 3.05) is 26.4 Å². The van der Waals surface area contributed by atoms with Crippen molar-refractivity contribution in [2.24, 2.45) is 0 Å². The van der Waals surface area contributed by atoms with Gasteiger partial charge in [0.2, 0.25) is 0 Å². The van der Waals surface area contributed by atoms with Crippen LogP contribution in [0.25, 0.3) is 0 Å². The second-order valence-corrected chi connectivity index (χ2v) is 8.66. The van der Waals surface area contributed by atoms with E-state index in [1.165, 1.54) is 0 Å². The summed E-state index contributed by atoms with van der Waals surface area (Å²) in [7, 11) is 0. The molecule has 1 atom stereocenters. The molecule has 1 rings (SSSR count). The van der Waals surface area contributed by atoms with Crippen LogP contribution >= 0.6 is 0 Å². The van der Waals surface area contributed by atoms with Gasteiger partial charge >= 0.3 is 47.6 Å². The van der Waals surface area contributed by atoms with Crippen LogP contribution in [0.3, 0.4) is 0 Å². The molecule has 0 radical (unpaired) electrons. The van der Waals surface area contributed by atoms with Crippen molar-refractivity contribution in [2.45, 2.75) is 73.7 Å². The van der Waals surface area contributed by atoms with Crippen molar-refractivity contribution in [3.05, 3.63) is 35.9 Å². The molecule has 1 aromatic rings. The van der Waals surface area contributed by atoms with Crippen LogP contribution in [-0.4, -0.2) is 80.2 Å². The average Bonchev–Trinajstić information content (AvgIpc) is 2.86. The summed E-state index contributed by atoms with van der Waals surface area (Å²) in [6.45, 7) is -3.41. The largest absolute Gasteiger partial charge is 0.460 e. The predicted molar refractivity (Wildman–Crippen MR) is 108 cm³/mol. The van der Waals surface area contributed by atoms with E-state index in [9.17, 15) is 74.6 Å². The van der Waals surface area contributed by atoms with E-state index in [4.69, 9.17) is 9.47 Å². The van der Waals surface area contributed by atoms with Crippen molar-refractivity contribution in [1.29, 1.82) is 0 Å². The molecule has 0 saturated heterocycles. The molecule has 0 saturated carbocycles. The Kier molecular flexibility index (Phi) is 11.6. The molecule has 0 aromatic heterocycles. The van der Waals surface area contributed by atoms with Gasteiger partial charge in [0.1, 0.15) is 12.7 Å². The molecule has 0 N–H and O–H groups in total. The average molecular weight is 656 g/mol. The summed E-state index contributed by atoms with van der Waals surface area (Å²) < 4.78 is 241. The Balaban J connectivity index is 3.13. The fourth-order valence-electron chi connectivity index (χ4n) is 2.92. The smallest absolute Gasteiger partial charge is 0.374 e. The molecular weight excluding hydrogens is 635 g/mol. The third kappa shape index (κ3) is 7.00. The monoisotopic (exact) mass is 656 g/mol. The molecule has 0 bridgehead atoms. The Morgan fingerprint density at radius 2 is 1.00 bits per heavy atom. The summed E-state index contributed by atoms with van der Waals surface area (Å²) in [6, 6.07) is 8.02. The minimum absolute atomic E-state index is 0.116. The van der Waals surface area contributed by atoms with Gasteiger partial charge in [0.05, 0.1) is 19.8 Å². The maximum Gasteiger partial charge on any atom is 0.460 e. The summed E-state index contributed by atoms with van der Waals surface area (Å²) in [4.78, 5) is 0. The van der Waals surface area contributed by atoms with E-state index in [-0.39, 0.29) is 19.6 Å². The van der Waals surface area contributed by atoms with Crippen LogP contribution in [0.4, 0.5) is 74.6 Å². The lowest BCUT2D eigenvalue weighted by Gasteiger charge is -2.42. The van der Waals surface area contributed by atoms with Gasteiger partial charge in [0.25, 0.3) is 0 Å². The number of hydrogen-bond donors (Lipinski definition) is 0. The van der Waals surface area contributed by atoms with Crippen molar-refractivity contribution >= 4 is 0 Å². The molecule has 1 unspecified atom stereocenters. The van der Waals surface area contributed by atoms with Crippen molar-refractivity contribution in [3.63, 3.8) is 0 Å². The van der Waals surface area contributed by atoms with E-state index in [2.05, 4.69) is 4.74 Å². The molecule has 246 valence electrons. The maximum atomic E-state index is 14.0. The van der Waals surface area contributed by atoms with Crippen LogP contribution in [0.5, 0.6) is 0 Å². The highest BCUT2D eigenvalue weighted by atomic mass is 19.4. The zero-order valence-corrected chi connectivity index (χ0v) is 20.9. The normalized spacial score (nSPS) is 15.7. The highest BCUT2D eigenvalue weighted by molar-refractivity contribution is 5.15. The first-order valence-corrected chi connectivity index (χ1v) is 11.3. The second-order valence-electron chi connectivity index (χ2n) is 8.66. The quantitative estimate of drug-likeness (QED) is 0.159. The van der Waals surface area contributed by atoms with Crippen LogP contribution in [0.1, 0.15) is 18.9 Å². The zero-order chi connectivity index (χ0) is 33.1. The lowest BCUT2D eigenvalue weighted by molar-refractivity contribution is -0.462. The molecule has 0 aliphatic carbocycles. The fraction of sp³-hybridized carbons (Fsp3) is 0.727. The molecule has 0 amide bonds. The van der Waals surface area contributed by atoms with E-state index in [1.54, 1.807) is 37.3 Å². The Morgan fingerprint density at radius 1 is 0.571 bits per heavy atom. The Bertz CT molecular complexity index is 980. The van der Waals surface area contributed by atoms with Gasteiger partial charge < -0.3 is 14.2 Å². The summed E-state index contributed by atoms with van der Waals surface area (Å²) >= 11 is 0. The number of hydrogen-bond acceptors (Lipinski definition) is 3. The SMILES string of the molecule is CCCOC(COCc1ccccc1)COCC(F)(F)C(F)(F)C(F)(F)C(F)(F)C(F)(F)C(F)(F)C(F)(F)C(F)(F)F. The summed E-state index contributed by atoms with van der Waals surface area (Å²) in [5, 5.41) is 0. The van der Waals surface area contributed by atoms with E-state index < -0.39 is 73.6 Å². The molecule has 0 aliphatic rings. The van der Waals surface area contributed by atoms with Crippen molar-refractivity contribution in [1.82, 2.24) is 0 Å². The van der Waals surface area contributed by atoms with Crippen LogP contribution in [0.15, 0.2) is 30.3 Å². The lowest BCUT2D eigenvalue weighted by atomic mass is 9.89. The van der Waals surface area contributed by atoms with Crippen LogP contribution in [0.2, 0.25) is 0 Å². The van der Waals surface area contributed by atoms with Gasteiger partial charge in [-0.2, -0.15) is 74.6 Å². The van der Waals surface area contributed by atoms with Gasteiger partial charge in [-0.3, -0.25) is 0 Å². The Morgan fingerprint density at radius 3 is 1.45 bits per heavy atom. The predicted octanol–water partition coefficient (Wildman–Crippen LogP) is 8.02. The maximum absolute atomic E-state index is 14.0. The first kappa shape index (κ1) is 37.9. The number of ether oxygens (including phenoxy) is 3. The second kappa shape index (κ2) is 12.9. The van der Waals surface area contributed by atoms with E-state index in [1.807, 2.05) is 0 Å². The molecular formula is C22H21F17O3. The number of benzene rings is 1. The van der Waals surface area contributed by atoms with Crippen LogP contribution < -0.4 is 0 Å². The topological polar surface area (TPSA) is 27.7 Å². The third-order valence-corrected chi connectivity index (χ3v) is 5.35. The summed E-state index contributed by atoms with van der Waals surface area (Å²) in [5.74, 6) is -56.8. The third-order valence-electron chi connectivity index (χ3n) is 5.35. The Hall–Kier alpha value is -2.09. The van der Waals surface area contributed by atoms with E-state index in [0.29, 0.717) is 5.56 Å². The standard InChI is InChI=1S/C22H21F17O3/c1-2-8-42-14(10-40-9-13-6-4-3-5-7-13)11-41-12-15(23,24)16(25,26)17(27,28)18(29,30)19(31,32)20(33,34)21(35,36)22(37,38)39/h3-7,14H,2,8-12H2,1H3. The molecule has 42 heavy (non-hydrogen) atoms. The molecule has 1 aromatic carbocycles. The highest BCUT2D eigenvalue weighted by Gasteiger charge is 2.95. The van der Waals surface area contributed by atoms with Gasteiger partial charge in [0.15, 0.2) is 0 Å². The van der Waals surface area contributed by atoms with Crippen LogP contribution in [0, 0.1) is 0 Å². The van der Waals surface area contributed by atoms with Gasteiger partial charge in [0, 0.05) is 6.61 Å². The minimum Gasteiger partial charge on any atom is -0.374 e. The van der Waals surface area contributed by atoms with Crippen molar-refractivity contribution in [3.8, 4) is 0 Å². The molecule has 0 spiro atoms. The molecule has 0 fully saturated rings. The molecule has 20 heteroatoms. The number of rotatable bonds is 17. The molecule has 3 nitrogen and oxygen atoms in total. The Labute approximate surface area is 225 Å². The first-order chi connectivity index (χ1) is 18.8. The minimum atomic E-state index is -8.67. The van der Waals surface area contributed by atoms with Crippen LogP contribution in [-0.2, 0) is 20.8 Å². The lowest BCUT2D eigenvalue weighted by Crippen LogP contribution is -2.74. The number of halogens is 17. The zero-order valence-electron chi connectivity index (χ0n) is 20.9. The molecule has 0 heterocycles. The fourth-order valence-corrected chi connectivity index (χ4v) is 2.92. The van der Waals surface area contributed by atoms with Gasteiger partial charge in [-0.25, -0.2) is 0 Å². The van der Waals surface area contributed by atoms with E-state index in [0.717, 1.165) is 0 Å². The van der Waals surface area contributed by atoms with E-state index >= 15 is 0 Å². The summed E-state index contributed by atoms with van der Waals surface area (Å²) in [5.41, 5.74) is 0.581. The van der Waals surface area contributed by atoms with Gasteiger partial charge in [-0.1, -0.05) is 37.3 Å². The van der Waals surface area contributed by atoms with Gasteiger partial charge in [-0.05, 0) is 12.0 Å². The summed E-state index contributed by atoms with van der Waals surface area (Å²) in [6.07, 6.45) is -8.92. The number of alkyl halides is 17. The van der Waals surface area contributed by atoms with Crippen molar-refractivity contribution < 1.29 is 88.8 Å². The van der Waals surface area contributed by atoms with Gasteiger partial charge in [-0.15, -0.1) is 0 Å².